The van der Waals surface area contributed by atoms with E-state index in [0.29, 0.717) is 6.54 Å². The molecule has 1 saturated heterocycles. The normalized spacial score (nSPS) is 21.3. The Morgan fingerprint density at radius 1 is 1.60 bits per heavy atom. The molecule has 1 N–H and O–H groups in total. The van der Waals surface area contributed by atoms with Crippen molar-refractivity contribution in [3.63, 3.8) is 0 Å². The lowest BCUT2D eigenvalue weighted by molar-refractivity contribution is -0.128. The molecule has 1 aromatic heterocycles. The Labute approximate surface area is 89.1 Å². The molecule has 1 amide bonds. The molecule has 1 unspecified atom stereocenters. The van der Waals surface area contributed by atoms with Crippen molar-refractivity contribution >= 4 is 5.91 Å². The van der Waals surface area contributed by atoms with Crippen LogP contribution < -0.4 is 5.32 Å². The second-order valence-electron chi connectivity index (χ2n) is 3.93. The van der Waals surface area contributed by atoms with Gasteiger partial charge in [0.05, 0.1) is 11.7 Å². The molecule has 1 atom stereocenters. The summed E-state index contributed by atoms with van der Waals surface area (Å²) in [5, 5.41) is 7.33. The van der Waals surface area contributed by atoms with Crippen molar-refractivity contribution in [3.8, 4) is 0 Å². The van der Waals surface area contributed by atoms with E-state index in [0.717, 1.165) is 18.7 Å². The van der Waals surface area contributed by atoms with Crippen molar-refractivity contribution in [2.24, 2.45) is 7.05 Å². The molecule has 2 rings (SSSR count). The van der Waals surface area contributed by atoms with Gasteiger partial charge in [0.15, 0.2) is 0 Å². The largest absolute Gasteiger partial charge is 0.344 e. The van der Waals surface area contributed by atoms with Gasteiger partial charge in [-0.05, 0) is 12.5 Å². The van der Waals surface area contributed by atoms with Crippen LogP contribution in [0.2, 0.25) is 0 Å². The summed E-state index contributed by atoms with van der Waals surface area (Å²) in [6.07, 6.45) is 2.66. The maximum Gasteiger partial charge on any atom is 0.239 e. The summed E-state index contributed by atoms with van der Waals surface area (Å²) in [5.41, 5.74) is 1.09. The zero-order chi connectivity index (χ0) is 10.8. The van der Waals surface area contributed by atoms with Crippen LogP contribution in [0.3, 0.4) is 0 Å². The summed E-state index contributed by atoms with van der Waals surface area (Å²) >= 11 is 0. The topological polar surface area (TPSA) is 50.2 Å². The molecular weight excluding hydrogens is 192 g/mol. The number of nitrogens with zero attached hydrogens (tertiary/aromatic N) is 3. The Kier molecular flexibility index (Phi) is 2.73. The van der Waals surface area contributed by atoms with Crippen LogP contribution in [-0.2, 0) is 18.4 Å². The first-order valence-corrected chi connectivity index (χ1v) is 5.13. The van der Waals surface area contributed by atoms with Crippen LogP contribution in [0, 0.1) is 0 Å². The number of rotatable bonds is 3. The van der Waals surface area contributed by atoms with Gasteiger partial charge in [-0.1, -0.05) is 0 Å². The van der Waals surface area contributed by atoms with E-state index in [4.69, 9.17) is 0 Å². The van der Waals surface area contributed by atoms with Crippen molar-refractivity contribution in [1.82, 2.24) is 20.0 Å². The van der Waals surface area contributed by atoms with Gasteiger partial charge in [0.2, 0.25) is 5.91 Å². The molecule has 1 aliphatic rings. The predicted molar refractivity (Wildman–Crippen MR) is 56.1 cm³/mol. The highest BCUT2D eigenvalue weighted by molar-refractivity contribution is 5.83. The van der Waals surface area contributed by atoms with Crippen LogP contribution in [0.1, 0.15) is 12.1 Å². The molecule has 5 nitrogen and oxygen atoms in total. The minimum atomic E-state index is -0.0232. The highest BCUT2D eigenvalue weighted by Crippen LogP contribution is 2.09. The van der Waals surface area contributed by atoms with Crippen molar-refractivity contribution in [3.05, 3.63) is 18.0 Å². The smallest absolute Gasteiger partial charge is 0.239 e. The summed E-state index contributed by atoms with van der Waals surface area (Å²) < 4.78 is 1.82. The third kappa shape index (κ3) is 2.02. The van der Waals surface area contributed by atoms with Gasteiger partial charge in [0.1, 0.15) is 0 Å². The van der Waals surface area contributed by atoms with Crippen LogP contribution >= 0.6 is 0 Å². The molecule has 82 valence electrons. The number of nitrogens with one attached hydrogen (secondary N) is 1. The van der Waals surface area contributed by atoms with Gasteiger partial charge in [-0.2, -0.15) is 5.10 Å². The fraction of sp³-hybridized carbons (Fsp3) is 0.600. The minimum absolute atomic E-state index is 0.0232. The van der Waals surface area contributed by atoms with E-state index in [1.54, 1.807) is 11.1 Å². The van der Waals surface area contributed by atoms with Gasteiger partial charge in [0.25, 0.3) is 0 Å². The first-order valence-electron chi connectivity index (χ1n) is 5.13. The number of hydrogen-bond acceptors (Lipinski definition) is 3. The van der Waals surface area contributed by atoms with Gasteiger partial charge in [-0.15, -0.1) is 0 Å². The maximum absolute atomic E-state index is 11.6. The molecule has 0 bridgehead atoms. The van der Waals surface area contributed by atoms with Gasteiger partial charge < -0.3 is 10.2 Å². The van der Waals surface area contributed by atoms with Crippen LogP contribution in [0.4, 0.5) is 0 Å². The minimum Gasteiger partial charge on any atom is -0.344 e. The van der Waals surface area contributed by atoms with Gasteiger partial charge in [-0.25, -0.2) is 0 Å². The lowest BCUT2D eigenvalue weighted by Gasteiger charge is -2.11. The van der Waals surface area contributed by atoms with Crippen molar-refractivity contribution in [2.45, 2.75) is 19.0 Å². The molecule has 5 heteroatoms. The molecule has 0 spiro atoms. The molecule has 0 aromatic carbocycles. The van der Waals surface area contributed by atoms with Crippen molar-refractivity contribution < 1.29 is 4.79 Å². The third-order valence-corrected chi connectivity index (χ3v) is 2.88. The Morgan fingerprint density at radius 3 is 2.93 bits per heavy atom. The zero-order valence-electron chi connectivity index (χ0n) is 9.10. The highest BCUT2D eigenvalue weighted by atomic mass is 16.2. The van der Waals surface area contributed by atoms with Crippen LogP contribution in [0.15, 0.2) is 12.3 Å². The molecule has 2 heterocycles. The first-order chi connectivity index (χ1) is 7.18. The average Bonchev–Trinajstić information content (AvgIpc) is 2.74. The highest BCUT2D eigenvalue weighted by Gasteiger charge is 2.28. The van der Waals surface area contributed by atoms with E-state index >= 15 is 0 Å². The van der Waals surface area contributed by atoms with Gasteiger partial charge >= 0.3 is 0 Å². The summed E-state index contributed by atoms with van der Waals surface area (Å²) in [5.74, 6) is 0.192. The number of aryl methyl sites for hydroxylation is 1. The van der Waals surface area contributed by atoms with E-state index in [-0.39, 0.29) is 11.9 Å². The number of carbonyl (C=O) groups is 1. The number of carbonyl (C=O) groups excluding carboxylic acids is 1. The molecule has 0 aliphatic carbocycles. The molecule has 1 aromatic rings. The van der Waals surface area contributed by atoms with E-state index in [9.17, 15) is 4.79 Å². The maximum atomic E-state index is 11.6. The van der Waals surface area contributed by atoms with Crippen molar-refractivity contribution in [2.75, 3.05) is 13.6 Å². The Morgan fingerprint density at radius 2 is 2.40 bits per heavy atom. The lowest BCUT2D eigenvalue weighted by Crippen LogP contribution is -2.36. The second-order valence-corrected chi connectivity index (χ2v) is 3.93. The van der Waals surface area contributed by atoms with Gasteiger partial charge in [0, 0.05) is 33.4 Å². The van der Waals surface area contributed by atoms with Crippen LogP contribution in [0.5, 0.6) is 0 Å². The third-order valence-electron chi connectivity index (χ3n) is 2.88. The quantitative estimate of drug-likeness (QED) is 0.744. The fourth-order valence-corrected chi connectivity index (χ4v) is 1.81. The second kappa shape index (κ2) is 4.02. The number of aromatic nitrogens is 2. The monoisotopic (exact) mass is 208 g/mol. The molecular formula is C10H16N4O. The summed E-state index contributed by atoms with van der Waals surface area (Å²) in [6, 6.07) is 1.93. The Hall–Kier alpha value is -1.36. The lowest BCUT2D eigenvalue weighted by atomic mass is 10.2. The summed E-state index contributed by atoms with van der Waals surface area (Å²) in [4.78, 5) is 13.4. The number of hydrogen-bond donors (Lipinski definition) is 1. The van der Waals surface area contributed by atoms with Crippen LogP contribution in [0.25, 0.3) is 0 Å². The number of likely N-dealkylation sites (N-methyl/N-ethyl adjacent to an activating group) is 1. The molecule has 0 saturated carbocycles. The molecule has 0 radical (unpaired) electrons. The fourth-order valence-electron chi connectivity index (χ4n) is 1.81. The van der Waals surface area contributed by atoms with E-state index in [1.165, 1.54) is 0 Å². The summed E-state index contributed by atoms with van der Waals surface area (Å²) in [7, 11) is 3.74. The first kappa shape index (κ1) is 10.2. The van der Waals surface area contributed by atoms with E-state index < -0.39 is 0 Å². The van der Waals surface area contributed by atoms with Crippen LogP contribution in [-0.4, -0.2) is 40.2 Å². The van der Waals surface area contributed by atoms with Gasteiger partial charge in [-0.3, -0.25) is 9.48 Å². The Bertz CT molecular complexity index is 360. The number of likely N-dealkylation sites (tertiary alicyclic amines) is 1. The zero-order valence-corrected chi connectivity index (χ0v) is 9.10. The number of amides is 1. The molecule has 15 heavy (non-hydrogen) atoms. The van der Waals surface area contributed by atoms with E-state index in [2.05, 4.69) is 10.4 Å². The SMILES string of the molecule is CN1CCC(NCc2ccnn2C)C1=O. The Balaban J connectivity index is 1.89. The van der Waals surface area contributed by atoms with E-state index in [1.807, 2.05) is 24.8 Å². The standard InChI is InChI=1S/C10H16N4O/c1-13-6-4-9(10(13)15)11-7-8-3-5-12-14(8)2/h3,5,9,11H,4,6-7H2,1-2H3. The molecule has 1 fully saturated rings. The average molecular weight is 208 g/mol. The predicted octanol–water partition coefficient (Wildman–Crippen LogP) is -0.260. The van der Waals surface area contributed by atoms with Crippen molar-refractivity contribution in [1.29, 1.82) is 0 Å². The summed E-state index contributed by atoms with van der Waals surface area (Å²) in [6.45, 7) is 1.54. The molecule has 1 aliphatic heterocycles.